The molecule has 0 saturated carbocycles. The second-order valence-corrected chi connectivity index (χ2v) is 4.20. The lowest BCUT2D eigenvalue weighted by Gasteiger charge is -2.11. The van der Waals surface area contributed by atoms with Crippen molar-refractivity contribution in [2.24, 2.45) is 0 Å². The van der Waals surface area contributed by atoms with Crippen molar-refractivity contribution in [1.82, 2.24) is 4.90 Å². The summed E-state index contributed by atoms with van der Waals surface area (Å²) < 4.78 is 32.0. The quantitative estimate of drug-likeness (QED) is 0.576. The van der Waals surface area contributed by atoms with Crippen molar-refractivity contribution < 1.29 is 13.5 Å². The number of nitrogens with two attached hydrogens (primary N) is 1. The molecule has 1 rings (SSSR count). The number of anilines is 2. The van der Waals surface area contributed by atoms with E-state index < -0.39 is 11.6 Å². The van der Waals surface area contributed by atoms with Crippen molar-refractivity contribution in [3.63, 3.8) is 0 Å². The maximum Gasteiger partial charge on any atom is 0.151 e. The number of halogens is 2. The van der Waals surface area contributed by atoms with Gasteiger partial charge in [-0.3, -0.25) is 0 Å². The largest absolute Gasteiger partial charge is 0.399 e. The minimum atomic E-state index is -0.694. The summed E-state index contributed by atoms with van der Waals surface area (Å²) >= 11 is 0. The van der Waals surface area contributed by atoms with Crippen molar-refractivity contribution in [2.45, 2.75) is 0 Å². The van der Waals surface area contributed by atoms with E-state index in [0.29, 0.717) is 19.8 Å². The first-order chi connectivity index (χ1) is 8.50. The van der Waals surface area contributed by atoms with Crippen LogP contribution in [0.15, 0.2) is 12.1 Å². The Kier molecular flexibility index (Phi) is 5.80. The van der Waals surface area contributed by atoms with Crippen molar-refractivity contribution in [1.29, 1.82) is 0 Å². The summed E-state index contributed by atoms with van der Waals surface area (Å²) in [6.45, 7) is 2.12. The first-order valence-corrected chi connectivity index (χ1v) is 5.71. The molecule has 0 aliphatic heterocycles. The van der Waals surface area contributed by atoms with Crippen LogP contribution in [0.3, 0.4) is 0 Å². The summed E-state index contributed by atoms with van der Waals surface area (Å²) in [5.41, 5.74) is 5.22. The van der Waals surface area contributed by atoms with E-state index >= 15 is 0 Å². The maximum atomic E-state index is 13.4. The zero-order valence-corrected chi connectivity index (χ0v) is 10.7. The molecule has 18 heavy (non-hydrogen) atoms. The Balaban J connectivity index is 2.31. The zero-order chi connectivity index (χ0) is 13.5. The van der Waals surface area contributed by atoms with E-state index in [0.717, 1.165) is 18.7 Å². The van der Waals surface area contributed by atoms with Crippen LogP contribution in [-0.4, -0.2) is 45.3 Å². The van der Waals surface area contributed by atoms with Gasteiger partial charge in [-0.25, -0.2) is 8.78 Å². The molecule has 0 aromatic heterocycles. The summed E-state index contributed by atoms with van der Waals surface area (Å²) in [7, 11) is 3.89. The summed E-state index contributed by atoms with van der Waals surface area (Å²) in [4.78, 5) is 1.99. The highest BCUT2D eigenvalue weighted by Crippen LogP contribution is 2.21. The Hall–Kier alpha value is -1.40. The summed E-state index contributed by atoms with van der Waals surface area (Å²) in [6.07, 6.45) is 0. The number of ether oxygens (including phenoxy) is 1. The van der Waals surface area contributed by atoms with E-state index in [1.165, 1.54) is 0 Å². The first kappa shape index (κ1) is 14.7. The van der Waals surface area contributed by atoms with Gasteiger partial charge >= 0.3 is 0 Å². The van der Waals surface area contributed by atoms with Gasteiger partial charge in [-0.1, -0.05) is 0 Å². The second kappa shape index (κ2) is 7.13. The Morgan fingerprint density at radius 2 is 1.83 bits per heavy atom. The highest BCUT2D eigenvalue weighted by atomic mass is 19.1. The number of nitrogens with one attached hydrogen (secondary N) is 1. The van der Waals surface area contributed by atoms with Gasteiger partial charge < -0.3 is 20.7 Å². The third-order valence-corrected chi connectivity index (χ3v) is 2.30. The lowest BCUT2D eigenvalue weighted by molar-refractivity contribution is 0.126. The van der Waals surface area contributed by atoms with Gasteiger partial charge in [0.15, 0.2) is 11.6 Å². The van der Waals surface area contributed by atoms with Crippen LogP contribution >= 0.6 is 0 Å². The third kappa shape index (κ3) is 4.85. The molecule has 4 nitrogen and oxygen atoms in total. The lowest BCUT2D eigenvalue weighted by Crippen LogP contribution is -2.20. The molecule has 1 aromatic carbocycles. The van der Waals surface area contributed by atoms with Gasteiger partial charge in [0.25, 0.3) is 0 Å². The monoisotopic (exact) mass is 259 g/mol. The van der Waals surface area contributed by atoms with Crippen LogP contribution in [0.25, 0.3) is 0 Å². The molecule has 0 aliphatic rings. The smallest absolute Gasteiger partial charge is 0.151 e. The number of rotatable bonds is 7. The molecule has 0 heterocycles. The normalized spacial score (nSPS) is 10.9. The van der Waals surface area contributed by atoms with Crippen LogP contribution in [0, 0.1) is 11.6 Å². The molecular weight excluding hydrogens is 240 g/mol. The molecule has 0 spiro atoms. The highest BCUT2D eigenvalue weighted by Gasteiger charge is 2.09. The second-order valence-electron chi connectivity index (χ2n) is 4.20. The van der Waals surface area contributed by atoms with Gasteiger partial charge in [0, 0.05) is 18.8 Å². The molecule has 1 aromatic rings. The number of hydrogen-bond acceptors (Lipinski definition) is 4. The average molecular weight is 259 g/mol. The van der Waals surface area contributed by atoms with Crippen LogP contribution in [0.2, 0.25) is 0 Å². The van der Waals surface area contributed by atoms with Crippen molar-refractivity contribution in [3.05, 3.63) is 23.8 Å². The van der Waals surface area contributed by atoms with Crippen LogP contribution in [0.4, 0.5) is 20.2 Å². The minimum Gasteiger partial charge on any atom is -0.399 e. The van der Waals surface area contributed by atoms with E-state index in [-0.39, 0.29) is 11.4 Å². The SMILES string of the molecule is CN(C)CCOCCNc1c(F)cc(N)cc1F. The molecule has 0 fully saturated rings. The van der Waals surface area contributed by atoms with Gasteiger partial charge in [-0.2, -0.15) is 0 Å². The first-order valence-electron chi connectivity index (χ1n) is 5.71. The number of nitrogens with zero attached hydrogens (tertiary/aromatic N) is 1. The van der Waals surface area contributed by atoms with Crippen LogP contribution in [0.5, 0.6) is 0 Å². The van der Waals surface area contributed by atoms with E-state index in [2.05, 4.69) is 5.32 Å². The van der Waals surface area contributed by atoms with Gasteiger partial charge in [0.2, 0.25) is 0 Å². The van der Waals surface area contributed by atoms with Gasteiger partial charge in [-0.05, 0) is 26.2 Å². The molecular formula is C12H19F2N3O. The standard InChI is InChI=1S/C12H19F2N3O/c1-17(2)4-6-18-5-3-16-12-10(13)7-9(15)8-11(12)14/h7-8,16H,3-6,15H2,1-2H3. The Labute approximate surface area is 106 Å². The van der Waals surface area contributed by atoms with E-state index in [1.54, 1.807) is 0 Å². The predicted octanol–water partition coefficient (Wildman–Crippen LogP) is 1.54. The van der Waals surface area contributed by atoms with E-state index in [9.17, 15) is 8.78 Å². The molecule has 0 aliphatic carbocycles. The van der Waals surface area contributed by atoms with Crippen LogP contribution in [0.1, 0.15) is 0 Å². The van der Waals surface area contributed by atoms with Crippen LogP contribution < -0.4 is 11.1 Å². The van der Waals surface area contributed by atoms with Gasteiger partial charge in [-0.15, -0.1) is 0 Å². The lowest BCUT2D eigenvalue weighted by atomic mass is 10.2. The fourth-order valence-electron chi connectivity index (χ4n) is 1.36. The molecule has 3 N–H and O–H groups in total. The fourth-order valence-corrected chi connectivity index (χ4v) is 1.36. The highest BCUT2D eigenvalue weighted by molar-refractivity contribution is 5.53. The molecule has 0 atom stereocenters. The fraction of sp³-hybridized carbons (Fsp3) is 0.500. The number of nitrogen functional groups attached to an aromatic ring is 1. The maximum absolute atomic E-state index is 13.4. The topological polar surface area (TPSA) is 50.5 Å². The molecule has 6 heteroatoms. The zero-order valence-electron chi connectivity index (χ0n) is 10.7. The van der Waals surface area contributed by atoms with Crippen molar-refractivity contribution >= 4 is 11.4 Å². The molecule has 102 valence electrons. The Morgan fingerprint density at radius 1 is 1.22 bits per heavy atom. The number of benzene rings is 1. The molecule has 0 radical (unpaired) electrons. The summed E-state index contributed by atoms with van der Waals surface area (Å²) in [5, 5.41) is 2.65. The molecule has 0 saturated heterocycles. The van der Waals surface area contributed by atoms with E-state index in [4.69, 9.17) is 10.5 Å². The Morgan fingerprint density at radius 3 is 2.39 bits per heavy atom. The molecule has 0 bridgehead atoms. The Bertz CT molecular complexity index is 363. The number of likely N-dealkylation sites (N-methyl/N-ethyl adjacent to an activating group) is 1. The van der Waals surface area contributed by atoms with E-state index in [1.807, 2.05) is 19.0 Å². The van der Waals surface area contributed by atoms with Crippen molar-refractivity contribution in [2.75, 3.05) is 51.4 Å². The molecule has 0 unspecified atom stereocenters. The summed E-state index contributed by atoms with van der Waals surface area (Å²) in [5.74, 6) is -1.39. The van der Waals surface area contributed by atoms with Crippen LogP contribution in [-0.2, 0) is 4.74 Å². The average Bonchev–Trinajstić information content (AvgIpc) is 2.25. The van der Waals surface area contributed by atoms with Gasteiger partial charge in [0.05, 0.1) is 13.2 Å². The third-order valence-electron chi connectivity index (χ3n) is 2.30. The number of hydrogen-bond donors (Lipinski definition) is 2. The predicted molar refractivity (Wildman–Crippen MR) is 68.6 cm³/mol. The molecule has 0 amide bonds. The van der Waals surface area contributed by atoms with Gasteiger partial charge in [0.1, 0.15) is 5.69 Å². The van der Waals surface area contributed by atoms with Crippen molar-refractivity contribution in [3.8, 4) is 0 Å². The summed E-state index contributed by atoms with van der Waals surface area (Å²) in [6, 6.07) is 2.16. The minimum absolute atomic E-state index is 0.0674.